The molecule has 0 saturated heterocycles. The van der Waals surface area contributed by atoms with Crippen LogP contribution < -0.4 is 9.47 Å². The lowest BCUT2D eigenvalue weighted by Crippen LogP contribution is -2.19. The van der Waals surface area contributed by atoms with Crippen molar-refractivity contribution < 1.29 is 22.6 Å². The van der Waals surface area contributed by atoms with Gasteiger partial charge in [0.05, 0.1) is 19.5 Å². The van der Waals surface area contributed by atoms with Gasteiger partial charge >= 0.3 is 12.2 Å². The van der Waals surface area contributed by atoms with Gasteiger partial charge in [0, 0.05) is 0 Å². The molecule has 0 fully saturated rings. The minimum Gasteiger partial charge on any atom is -0.481 e. The molecule has 7 heteroatoms. The molecule has 0 aliphatic carbocycles. The van der Waals surface area contributed by atoms with Gasteiger partial charge in [-0.25, -0.2) is 0 Å². The second kappa shape index (κ2) is 4.12. The molecule has 4 nitrogen and oxygen atoms in total. The fraction of sp³-hybridized carbons (Fsp3) is 0.429. The summed E-state index contributed by atoms with van der Waals surface area (Å²) in [6.45, 7) is -1.36. The number of hydrogen-bond acceptors (Lipinski definition) is 4. The average molecular weight is 208 g/mol. The van der Waals surface area contributed by atoms with Crippen LogP contribution in [0.4, 0.5) is 13.2 Å². The zero-order chi connectivity index (χ0) is 10.6. The zero-order valence-electron chi connectivity index (χ0n) is 7.21. The van der Waals surface area contributed by atoms with E-state index in [1.54, 1.807) is 0 Å². The number of alkyl halides is 3. The third-order valence-electron chi connectivity index (χ3n) is 1.19. The fourth-order valence-electron chi connectivity index (χ4n) is 0.649. The lowest BCUT2D eigenvalue weighted by molar-refractivity contribution is -0.153. The van der Waals surface area contributed by atoms with E-state index in [1.165, 1.54) is 7.11 Å². The highest BCUT2D eigenvalue weighted by molar-refractivity contribution is 5.13. The number of halogens is 3. The summed E-state index contributed by atoms with van der Waals surface area (Å²) in [6.07, 6.45) is -2.14. The Balaban J connectivity index is 2.52. The molecular weight excluding hydrogens is 201 g/mol. The molecule has 0 atom stereocenters. The summed E-state index contributed by atoms with van der Waals surface area (Å²) in [5.74, 6) is -0.0527. The minimum absolute atomic E-state index is 0.0527. The minimum atomic E-state index is -4.36. The third kappa shape index (κ3) is 3.46. The highest BCUT2D eigenvalue weighted by Crippen LogP contribution is 2.17. The van der Waals surface area contributed by atoms with Crippen molar-refractivity contribution in [2.45, 2.75) is 6.18 Å². The zero-order valence-corrected chi connectivity index (χ0v) is 7.21. The lowest BCUT2D eigenvalue weighted by Gasteiger charge is -2.08. The number of rotatable bonds is 3. The van der Waals surface area contributed by atoms with Crippen LogP contribution in [0.15, 0.2) is 12.4 Å². The molecule has 0 radical (unpaired) electrons. The summed E-state index contributed by atoms with van der Waals surface area (Å²) in [7, 11) is 1.35. The van der Waals surface area contributed by atoms with Crippen molar-refractivity contribution in [2.75, 3.05) is 13.7 Å². The first-order chi connectivity index (χ1) is 6.51. The largest absolute Gasteiger partial charge is 0.481 e. The molecule has 0 aromatic carbocycles. The van der Waals surface area contributed by atoms with Crippen molar-refractivity contribution in [1.82, 2.24) is 9.97 Å². The summed E-state index contributed by atoms with van der Waals surface area (Å²) in [5.41, 5.74) is 0. The quantitative estimate of drug-likeness (QED) is 0.753. The number of hydrogen-bond donors (Lipinski definition) is 0. The van der Waals surface area contributed by atoms with Gasteiger partial charge in [-0.15, -0.1) is 0 Å². The molecule has 0 bridgehead atoms. The Morgan fingerprint density at radius 3 is 2.29 bits per heavy atom. The molecule has 0 amide bonds. The molecule has 14 heavy (non-hydrogen) atoms. The van der Waals surface area contributed by atoms with E-state index < -0.39 is 12.8 Å². The van der Waals surface area contributed by atoms with E-state index in [1.807, 2.05) is 0 Å². The average Bonchev–Trinajstić information content (AvgIpc) is 2.14. The van der Waals surface area contributed by atoms with Crippen molar-refractivity contribution in [2.24, 2.45) is 0 Å². The monoisotopic (exact) mass is 208 g/mol. The highest BCUT2D eigenvalue weighted by atomic mass is 19.4. The summed E-state index contributed by atoms with van der Waals surface area (Å²) in [6, 6.07) is 0.0735. The second-order valence-corrected chi connectivity index (χ2v) is 2.31. The molecule has 0 aliphatic rings. The summed E-state index contributed by atoms with van der Waals surface area (Å²) in [4.78, 5) is 7.14. The summed E-state index contributed by atoms with van der Waals surface area (Å²) < 4.78 is 44.1. The highest BCUT2D eigenvalue weighted by Gasteiger charge is 2.28. The van der Waals surface area contributed by atoms with Crippen molar-refractivity contribution in [3.05, 3.63) is 12.4 Å². The topological polar surface area (TPSA) is 44.2 Å². The van der Waals surface area contributed by atoms with Crippen LogP contribution >= 0.6 is 0 Å². The van der Waals surface area contributed by atoms with Crippen LogP contribution in [-0.2, 0) is 0 Å². The number of methoxy groups -OCH3 is 1. The summed E-state index contributed by atoms with van der Waals surface area (Å²) in [5, 5.41) is 0. The number of aromatic nitrogens is 2. The van der Waals surface area contributed by atoms with Crippen LogP contribution in [0, 0.1) is 0 Å². The first-order valence-electron chi connectivity index (χ1n) is 3.57. The van der Waals surface area contributed by atoms with E-state index in [2.05, 4.69) is 19.4 Å². The van der Waals surface area contributed by atoms with Gasteiger partial charge in [0.1, 0.15) is 0 Å². The van der Waals surface area contributed by atoms with Gasteiger partial charge in [-0.3, -0.25) is 0 Å². The Morgan fingerprint density at radius 2 is 1.86 bits per heavy atom. The van der Waals surface area contributed by atoms with Gasteiger partial charge in [0.15, 0.2) is 12.4 Å². The maximum atomic E-state index is 11.7. The normalized spacial score (nSPS) is 11.1. The maximum absolute atomic E-state index is 11.7. The molecule has 0 saturated carbocycles. The Kier molecular flexibility index (Phi) is 3.10. The van der Waals surface area contributed by atoms with E-state index in [9.17, 15) is 13.2 Å². The van der Waals surface area contributed by atoms with Gasteiger partial charge in [-0.05, 0) is 0 Å². The smallest absolute Gasteiger partial charge is 0.422 e. The van der Waals surface area contributed by atoms with E-state index in [0.717, 1.165) is 12.4 Å². The fourth-order valence-corrected chi connectivity index (χ4v) is 0.649. The molecular formula is C7H7F3N2O2. The molecule has 1 aromatic heterocycles. The Morgan fingerprint density at radius 1 is 1.29 bits per heavy atom. The molecule has 1 rings (SSSR count). The van der Waals surface area contributed by atoms with Crippen molar-refractivity contribution in [3.8, 4) is 11.8 Å². The summed E-state index contributed by atoms with van der Waals surface area (Å²) >= 11 is 0. The molecule has 0 aliphatic heterocycles. The Bertz CT molecular complexity index is 286. The molecule has 1 heterocycles. The maximum Gasteiger partial charge on any atom is 0.422 e. The van der Waals surface area contributed by atoms with Crippen molar-refractivity contribution >= 4 is 0 Å². The molecule has 0 spiro atoms. The van der Waals surface area contributed by atoms with Gasteiger partial charge < -0.3 is 9.47 Å². The van der Waals surface area contributed by atoms with Crippen molar-refractivity contribution in [1.29, 1.82) is 0 Å². The molecule has 0 N–H and O–H groups in total. The van der Waals surface area contributed by atoms with Crippen LogP contribution in [0.5, 0.6) is 11.8 Å². The van der Waals surface area contributed by atoms with E-state index in [0.29, 0.717) is 0 Å². The van der Waals surface area contributed by atoms with E-state index in [4.69, 9.17) is 0 Å². The van der Waals surface area contributed by atoms with Crippen LogP contribution in [0.3, 0.4) is 0 Å². The van der Waals surface area contributed by atoms with Gasteiger partial charge in [0.25, 0.3) is 0 Å². The predicted molar refractivity (Wildman–Crippen MR) is 40.1 cm³/mol. The SMILES string of the molecule is COc1ncc(OCC(F)(F)F)cn1. The number of nitrogens with zero attached hydrogens (tertiary/aromatic N) is 2. The first kappa shape index (κ1) is 10.6. The third-order valence-corrected chi connectivity index (χ3v) is 1.19. The Hall–Kier alpha value is -1.53. The number of ether oxygens (including phenoxy) is 2. The van der Waals surface area contributed by atoms with Crippen LogP contribution in [0.1, 0.15) is 0 Å². The Labute approximate surface area is 77.7 Å². The van der Waals surface area contributed by atoms with E-state index >= 15 is 0 Å². The van der Waals surface area contributed by atoms with Crippen LogP contribution in [-0.4, -0.2) is 29.9 Å². The predicted octanol–water partition coefficient (Wildman–Crippen LogP) is 1.43. The molecule has 1 aromatic rings. The second-order valence-electron chi connectivity index (χ2n) is 2.31. The van der Waals surface area contributed by atoms with Crippen LogP contribution in [0.2, 0.25) is 0 Å². The first-order valence-corrected chi connectivity index (χ1v) is 3.57. The van der Waals surface area contributed by atoms with Gasteiger partial charge in [-0.2, -0.15) is 23.1 Å². The standard InChI is InChI=1S/C7H7F3N2O2/c1-13-6-11-2-5(3-12-6)14-4-7(8,9)10/h2-3H,4H2,1H3. The van der Waals surface area contributed by atoms with E-state index in [-0.39, 0.29) is 11.8 Å². The molecule has 78 valence electrons. The van der Waals surface area contributed by atoms with Gasteiger partial charge in [-0.1, -0.05) is 0 Å². The molecule has 0 unspecified atom stereocenters. The van der Waals surface area contributed by atoms with Gasteiger partial charge in [0.2, 0.25) is 0 Å². The lowest BCUT2D eigenvalue weighted by atomic mass is 10.6. The van der Waals surface area contributed by atoms with Crippen LogP contribution in [0.25, 0.3) is 0 Å². The van der Waals surface area contributed by atoms with Crippen molar-refractivity contribution in [3.63, 3.8) is 0 Å².